The van der Waals surface area contributed by atoms with Gasteiger partial charge in [-0.3, -0.25) is 4.79 Å². The summed E-state index contributed by atoms with van der Waals surface area (Å²) in [6.45, 7) is 1.76. The lowest BCUT2D eigenvalue weighted by Gasteiger charge is -2.09. The first kappa shape index (κ1) is 8.94. The smallest absolute Gasteiger partial charge is 0.183 e. The van der Waals surface area contributed by atoms with E-state index in [1.54, 1.807) is 6.08 Å². The molecule has 0 aromatic carbocycles. The predicted octanol–water partition coefficient (Wildman–Crippen LogP) is 1.24. The molecule has 0 spiro atoms. The van der Waals surface area contributed by atoms with E-state index < -0.39 is 0 Å². The maximum atomic E-state index is 11.0. The van der Waals surface area contributed by atoms with Crippen molar-refractivity contribution in [2.75, 3.05) is 6.61 Å². The predicted molar refractivity (Wildman–Crippen MR) is 47.6 cm³/mol. The molecule has 0 aromatic heterocycles. The van der Waals surface area contributed by atoms with Crippen LogP contribution in [0.3, 0.4) is 0 Å². The third kappa shape index (κ3) is 1.92. The molecule has 2 nitrogen and oxygen atoms in total. The second-order valence-corrected chi connectivity index (χ2v) is 2.68. The molecule has 0 heterocycles. The van der Waals surface area contributed by atoms with E-state index in [2.05, 4.69) is 0 Å². The average molecular weight is 164 g/mol. The molecular formula is C10H12O2. The molecule has 0 fully saturated rings. The van der Waals surface area contributed by atoms with E-state index in [1.807, 2.05) is 25.2 Å². The molecule has 1 unspecified atom stereocenters. The molecule has 0 bridgehead atoms. The second-order valence-electron chi connectivity index (χ2n) is 2.68. The number of carbonyl (C=O) groups excluding carboxylic acids is 1. The van der Waals surface area contributed by atoms with Crippen molar-refractivity contribution in [3.8, 4) is 0 Å². The summed E-state index contributed by atoms with van der Waals surface area (Å²) < 4.78 is 0. The van der Waals surface area contributed by atoms with Gasteiger partial charge in [0, 0.05) is 11.5 Å². The normalized spacial score (nSPS) is 23.3. The number of hydrogen-bond donors (Lipinski definition) is 1. The molecule has 1 N–H and O–H groups in total. The van der Waals surface area contributed by atoms with Crippen LogP contribution in [0.1, 0.15) is 6.92 Å². The van der Waals surface area contributed by atoms with Crippen molar-refractivity contribution in [2.45, 2.75) is 6.92 Å². The van der Waals surface area contributed by atoms with Gasteiger partial charge >= 0.3 is 0 Å². The molecule has 0 amide bonds. The van der Waals surface area contributed by atoms with E-state index in [0.29, 0.717) is 5.57 Å². The molecule has 1 atom stereocenters. The molecule has 0 aromatic rings. The minimum Gasteiger partial charge on any atom is -0.392 e. The van der Waals surface area contributed by atoms with Gasteiger partial charge in [-0.15, -0.1) is 0 Å². The topological polar surface area (TPSA) is 37.3 Å². The van der Waals surface area contributed by atoms with E-state index in [0.717, 1.165) is 0 Å². The first-order chi connectivity index (χ1) is 5.77. The Bertz CT molecular complexity index is 259. The van der Waals surface area contributed by atoms with Gasteiger partial charge in [-0.25, -0.2) is 0 Å². The number of hydrogen-bond acceptors (Lipinski definition) is 2. The molecule has 0 radical (unpaired) electrons. The van der Waals surface area contributed by atoms with Crippen LogP contribution < -0.4 is 0 Å². The number of rotatable bonds is 2. The highest BCUT2D eigenvalue weighted by molar-refractivity contribution is 6.05. The Kier molecular flexibility index (Phi) is 3.00. The number of ketones is 1. The van der Waals surface area contributed by atoms with Gasteiger partial charge in [0.1, 0.15) is 0 Å². The van der Waals surface area contributed by atoms with Crippen LogP contribution in [0.15, 0.2) is 36.0 Å². The lowest BCUT2D eigenvalue weighted by molar-refractivity contribution is -0.111. The summed E-state index contributed by atoms with van der Waals surface area (Å²) in [5.74, 6) is 0.0769. The molecule has 12 heavy (non-hydrogen) atoms. The standard InChI is InChI=1S/C10H12O2/c1-2-3-8-4-5-10(12)9(6-8)7-11/h2-6,8,11H,7H2,1H3/b3-2+. The average Bonchev–Trinajstić information content (AvgIpc) is 2.09. The molecular weight excluding hydrogens is 152 g/mol. The van der Waals surface area contributed by atoms with E-state index >= 15 is 0 Å². The van der Waals surface area contributed by atoms with Crippen LogP contribution in [-0.2, 0) is 4.79 Å². The Hall–Kier alpha value is -1.15. The fourth-order valence-electron chi connectivity index (χ4n) is 1.15. The summed E-state index contributed by atoms with van der Waals surface area (Å²) in [4.78, 5) is 11.0. The van der Waals surface area contributed by atoms with Crippen molar-refractivity contribution in [2.24, 2.45) is 5.92 Å². The Morgan fingerprint density at radius 3 is 3.00 bits per heavy atom. The highest BCUT2D eigenvalue weighted by Crippen LogP contribution is 2.14. The van der Waals surface area contributed by atoms with E-state index in [9.17, 15) is 4.79 Å². The fraction of sp³-hybridized carbons (Fsp3) is 0.300. The largest absolute Gasteiger partial charge is 0.392 e. The van der Waals surface area contributed by atoms with Crippen LogP contribution in [0.4, 0.5) is 0 Å². The molecule has 0 aliphatic heterocycles. The Morgan fingerprint density at radius 1 is 1.67 bits per heavy atom. The quantitative estimate of drug-likeness (QED) is 0.623. The maximum absolute atomic E-state index is 11.0. The highest BCUT2D eigenvalue weighted by atomic mass is 16.3. The SMILES string of the molecule is C/C=C/C1C=CC(=O)C(CO)=C1. The van der Waals surface area contributed by atoms with Crippen molar-refractivity contribution in [1.82, 2.24) is 0 Å². The molecule has 0 saturated carbocycles. The van der Waals surface area contributed by atoms with Gasteiger partial charge in [0.2, 0.25) is 0 Å². The lowest BCUT2D eigenvalue weighted by Crippen LogP contribution is -2.09. The van der Waals surface area contributed by atoms with Gasteiger partial charge in [0.15, 0.2) is 5.78 Å². The van der Waals surface area contributed by atoms with Gasteiger partial charge in [-0.2, -0.15) is 0 Å². The first-order valence-electron chi connectivity index (χ1n) is 3.95. The van der Waals surface area contributed by atoms with Crippen molar-refractivity contribution >= 4 is 5.78 Å². The van der Waals surface area contributed by atoms with Gasteiger partial charge < -0.3 is 5.11 Å². The van der Waals surface area contributed by atoms with Crippen LogP contribution >= 0.6 is 0 Å². The summed E-state index contributed by atoms with van der Waals surface area (Å²) in [6.07, 6.45) is 9.01. The third-order valence-corrected chi connectivity index (χ3v) is 1.76. The van der Waals surface area contributed by atoms with Crippen LogP contribution in [0.25, 0.3) is 0 Å². The van der Waals surface area contributed by atoms with Gasteiger partial charge in [0.05, 0.1) is 6.61 Å². The number of aliphatic hydroxyl groups is 1. The highest BCUT2D eigenvalue weighted by Gasteiger charge is 2.11. The summed E-state index contributed by atoms with van der Waals surface area (Å²) >= 11 is 0. The van der Waals surface area contributed by atoms with Crippen LogP contribution in [-0.4, -0.2) is 17.5 Å². The van der Waals surface area contributed by atoms with Crippen molar-refractivity contribution in [3.63, 3.8) is 0 Å². The van der Waals surface area contributed by atoms with Crippen LogP contribution in [0.5, 0.6) is 0 Å². The Morgan fingerprint density at radius 2 is 2.42 bits per heavy atom. The summed E-state index contributed by atoms with van der Waals surface area (Å²) in [7, 11) is 0. The number of carbonyl (C=O) groups is 1. The number of allylic oxidation sites excluding steroid dienone is 5. The molecule has 2 heteroatoms. The van der Waals surface area contributed by atoms with Crippen molar-refractivity contribution < 1.29 is 9.90 Å². The fourth-order valence-corrected chi connectivity index (χ4v) is 1.15. The van der Waals surface area contributed by atoms with Crippen LogP contribution in [0.2, 0.25) is 0 Å². The zero-order chi connectivity index (χ0) is 8.97. The Labute approximate surface area is 71.9 Å². The third-order valence-electron chi connectivity index (χ3n) is 1.76. The van der Waals surface area contributed by atoms with E-state index in [4.69, 9.17) is 5.11 Å². The van der Waals surface area contributed by atoms with Crippen molar-refractivity contribution in [3.05, 3.63) is 36.0 Å². The summed E-state index contributed by atoms with van der Waals surface area (Å²) in [5, 5.41) is 8.80. The Balaban J connectivity index is 2.79. The second kappa shape index (κ2) is 4.02. The van der Waals surface area contributed by atoms with Gasteiger partial charge in [-0.05, 0) is 13.0 Å². The van der Waals surface area contributed by atoms with E-state index in [1.165, 1.54) is 6.08 Å². The van der Waals surface area contributed by atoms with Crippen molar-refractivity contribution in [1.29, 1.82) is 0 Å². The monoisotopic (exact) mass is 164 g/mol. The molecule has 0 saturated heterocycles. The zero-order valence-electron chi connectivity index (χ0n) is 7.03. The number of aliphatic hydroxyl groups excluding tert-OH is 1. The van der Waals surface area contributed by atoms with Crippen LogP contribution in [0, 0.1) is 5.92 Å². The molecule has 1 aliphatic rings. The zero-order valence-corrected chi connectivity index (χ0v) is 7.03. The minimum atomic E-state index is -0.169. The first-order valence-corrected chi connectivity index (χ1v) is 3.95. The maximum Gasteiger partial charge on any atom is 0.183 e. The summed E-state index contributed by atoms with van der Waals surface area (Å²) in [6, 6.07) is 0. The molecule has 1 aliphatic carbocycles. The lowest BCUT2D eigenvalue weighted by atomic mass is 9.96. The summed E-state index contributed by atoms with van der Waals surface area (Å²) in [5.41, 5.74) is 0.487. The minimum absolute atomic E-state index is 0.0850. The van der Waals surface area contributed by atoms with Gasteiger partial charge in [-0.1, -0.05) is 24.3 Å². The van der Waals surface area contributed by atoms with Gasteiger partial charge in [0.25, 0.3) is 0 Å². The molecule has 1 rings (SSSR count). The molecule has 64 valence electrons. The van der Waals surface area contributed by atoms with E-state index in [-0.39, 0.29) is 18.3 Å².